The second-order valence-electron chi connectivity index (χ2n) is 13.6. The average Bonchev–Trinajstić information content (AvgIpc) is 2.97. The summed E-state index contributed by atoms with van der Waals surface area (Å²) in [5.41, 5.74) is 4.14. The van der Waals surface area contributed by atoms with Crippen molar-refractivity contribution in [3.05, 3.63) is 114 Å². The fourth-order valence-corrected chi connectivity index (χ4v) is 9.77. The minimum atomic E-state index is -1.53. The van der Waals surface area contributed by atoms with Gasteiger partial charge < -0.3 is 9.16 Å². The number of benzene rings is 4. The lowest BCUT2D eigenvalue weighted by molar-refractivity contribution is 0.0631. The molecule has 0 aromatic heterocycles. The first kappa shape index (κ1) is 26.6. The van der Waals surface area contributed by atoms with E-state index < -0.39 is 9.04 Å². The first-order valence-electron chi connectivity index (χ1n) is 15.5. The van der Waals surface area contributed by atoms with Gasteiger partial charge in [-0.2, -0.15) is 0 Å². The van der Waals surface area contributed by atoms with Gasteiger partial charge in [-0.3, -0.25) is 0 Å². The number of hydrogen-bond acceptors (Lipinski definition) is 2. The molecule has 0 saturated heterocycles. The Bertz CT molecular complexity index is 1480. The Morgan fingerprint density at radius 3 is 1.93 bits per heavy atom. The van der Waals surface area contributed by atoms with Crippen molar-refractivity contribution in [2.75, 3.05) is 0 Å². The van der Waals surface area contributed by atoms with Crippen molar-refractivity contribution in [1.82, 2.24) is 0 Å². The Balaban J connectivity index is 1.25. The van der Waals surface area contributed by atoms with E-state index in [0.717, 1.165) is 40.4 Å². The lowest BCUT2D eigenvalue weighted by Crippen LogP contribution is -2.47. The van der Waals surface area contributed by atoms with Crippen LogP contribution >= 0.6 is 0 Å². The van der Waals surface area contributed by atoms with E-state index in [4.69, 9.17) is 9.16 Å². The van der Waals surface area contributed by atoms with Crippen molar-refractivity contribution in [1.29, 1.82) is 0 Å². The summed E-state index contributed by atoms with van der Waals surface area (Å²) >= 11 is 0. The monoisotopic (exact) mass is 557 g/mol. The Morgan fingerprint density at radius 1 is 0.732 bits per heavy atom. The molecule has 3 heteroatoms. The second-order valence-corrected chi connectivity index (χ2v) is 15.7. The molecule has 4 saturated carbocycles. The molecule has 4 aromatic rings. The van der Waals surface area contributed by atoms with Crippen LogP contribution in [-0.2, 0) is 16.8 Å². The summed E-state index contributed by atoms with van der Waals surface area (Å²) in [5, 5.41) is 4.87. The smallest absolute Gasteiger partial charge is 0.352 e. The number of hydrogen-bond donors (Lipinski definition) is 0. The summed E-state index contributed by atoms with van der Waals surface area (Å²) in [6, 6.07) is 32.8. The van der Waals surface area contributed by atoms with Crippen LogP contribution in [0.15, 0.2) is 103 Å². The maximum atomic E-state index is 7.19. The summed E-state index contributed by atoms with van der Waals surface area (Å²) in [4.78, 5) is 0. The molecule has 8 rings (SSSR count). The zero-order chi connectivity index (χ0) is 28.0. The van der Waals surface area contributed by atoms with E-state index in [1.807, 2.05) is 0 Å². The Kier molecular flexibility index (Phi) is 7.03. The minimum Gasteiger partial charge on any atom is -0.532 e. The third-order valence-corrected chi connectivity index (χ3v) is 11.9. The highest BCUT2D eigenvalue weighted by Crippen LogP contribution is 2.56. The molecule has 4 aliphatic carbocycles. The lowest BCUT2D eigenvalue weighted by atomic mass is 9.54. The number of allylic oxidation sites excluding steroid dienone is 1. The first-order chi connectivity index (χ1) is 19.9. The molecule has 0 unspecified atom stereocenters. The maximum absolute atomic E-state index is 7.19. The summed E-state index contributed by atoms with van der Waals surface area (Å²) in [6.07, 6.45) is 9.14. The van der Waals surface area contributed by atoms with Gasteiger partial charge in [0.05, 0.1) is 6.26 Å². The predicted molar refractivity (Wildman–Crippen MR) is 171 cm³/mol. The van der Waals surface area contributed by atoms with Crippen molar-refractivity contribution < 1.29 is 9.16 Å². The van der Waals surface area contributed by atoms with Crippen LogP contribution in [0.2, 0.25) is 0 Å². The van der Waals surface area contributed by atoms with Crippen LogP contribution in [-0.4, -0.2) is 9.04 Å². The van der Waals surface area contributed by atoms with Gasteiger partial charge in [-0.05, 0) is 88.1 Å². The van der Waals surface area contributed by atoms with Crippen LogP contribution in [0, 0.1) is 23.7 Å². The van der Waals surface area contributed by atoms with Gasteiger partial charge in [0.1, 0.15) is 12.4 Å². The molecule has 0 heterocycles. The third kappa shape index (κ3) is 5.37. The summed E-state index contributed by atoms with van der Waals surface area (Å²) in [7, 11) is -1.53. The zero-order valence-corrected chi connectivity index (χ0v) is 25.6. The van der Waals surface area contributed by atoms with Gasteiger partial charge in [-0.1, -0.05) is 112 Å². The molecular formula is C38H41O2Si. The lowest BCUT2D eigenvalue weighted by Gasteiger charge is -2.51. The van der Waals surface area contributed by atoms with Crippen LogP contribution < -0.4 is 14.8 Å². The van der Waals surface area contributed by atoms with Crippen molar-refractivity contribution in [3.8, 4) is 5.75 Å². The number of fused-ring (bicyclic) bond motifs is 1. The highest BCUT2D eigenvalue weighted by atomic mass is 28.3. The molecule has 2 nitrogen and oxygen atoms in total. The molecule has 0 atom stereocenters. The van der Waals surface area contributed by atoms with E-state index in [9.17, 15) is 0 Å². The van der Waals surface area contributed by atoms with Gasteiger partial charge in [0.2, 0.25) is 0 Å². The SMILES string of the molecule is CC(C)(C)c1ccc2c(O[Si](c3ccccc3)c3ccccc3)c(COC=C3C4CC5CC(C4)CC3C5)ccc2c1. The van der Waals surface area contributed by atoms with Gasteiger partial charge in [0, 0.05) is 10.9 Å². The standard InChI is InChI=1S/C38H41O2Si/c1-38(2,3)32-16-17-35-28(23-32)14-15-29(24-39-25-36-30-19-26-18-27(21-30)22-31(36)20-26)37(35)40-41(33-10-6-4-7-11-33)34-12-8-5-9-13-34/h4-17,23,25-27,30-31H,18-22,24H2,1-3H3. The van der Waals surface area contributed by atoms with Gasteiger partial charge in [0.25, 0.3) is 0 Å². The zero-order valence-electron chi connectivity index (χ0n) is 24.6. The van der Waals surface area contributed by atoms with E-state index in [-0.39, 0.29) is 5.41 Å². The summed E-state index contributed by atoms with van der Waals surface area (Å²) in [5.74, 6) is 4.39. The fraction of sp³-hybridized carbons (Fsp3) is 0.368. The number of rotatable bonds is 7. The molecule has 4 bridgehead atoms. The van der Waals surface area contributed by atoms with Crippen LogP contribution in [0.1, 0.15) is 64.0 Å². The van der Waals surface area contributed by atoms with Crippen LogP contribution in [0.25, 0.3) is 10.8 Å². The molecule has 0 aliphatic heterocycles. The molecule has 4 fully saturated rings. The van der Waals surface area contributed by atoms with Crippen molar-refractivity contribution >= 4 is 30.2 Å². The minimum absolute atomic E-state index is 0.0882. The van der Waals surface area contributed by atoms with Gasteiger partial charge in [-0.15, -0.1) is 0 Å². The molecule has 209 valence electrons. The molecule has 4 aliphatic rings. The Labute approximate surface area is 247 Å². The number of ether oxygens (including phenoxy) is 1. The molecule has 4 aromatic carbocycles. The summed E-state index contributed by atoms with van der Waals surface area (Å²) < 4.78 is 13.7. The van der Waals surface area contributed by atoms with Gasteiger partial charge in [0.15, 0.2) is 0 Å². The highest BCUT2D eigenvalue weighted by molar-refractivity contribution is 6.80. The van der Waals surface area contributed by atoms with Crippen molar-refractivity contribution in [3.63, 3.8) is 0 Å². The Hall–Kier alpha value is -3.30. The fourth-order valence-electron chi connectivity index (χ4n) is 7.76. The van der Waals surface area contributed by atoms with E-state index in [1.54, 1.807) is 5.57 Å². The van der Waals surface area contributed by atoms with Crippen LogP contribution in [0.5, 0.6) is 5.75 Å². The highest BCUT2D eigenvalue weighted by Gasteiger charge is 2.45. The molecule has 0 amide bonds. The molecule has 0 N–H and O–H groups in total. The normalized spacial score (nSPS) is 23.3. The van der Waals surface area contributed by atoms with E-state index in [2.05, 4.69) is 118 Å². The van der Waals surface area contributed by atoms with Crippen LogP contribution in [0.3, 0.4) is 0 Å². The van der Waals surface area contributed by atoms with Crippen molar-refractivity contribution in [2.45, 2.75) is 64.9 Å². The van der Waals surface area contributed by atoms with E-state index in [1.165, 1.54) is 53.4 Å². The van der Waals surface area contributed by atoms with Gasteiger partial charge in [-0.25, -0.2) is 0 Å². The molecule has 0 spiro atoms. The third-order valence-electron chi connectivity index (χ3n) is 9.73. The quantitative estimate of drug-likeness (QED) is 0.169. The molecule has 1 radical (unpaired) electrons. The largest absolute Gasteiger partial charge is 0.532 e. The average molecular weight is 558 g/mol. The maximum Gasteiger partial charge on any atom is 0.352 e. The topological polar surface area (TPSA) is 18.5 Å². The summed E-state index contributed by atoms with van der Waals surface area (Å²) in [6.45, 7) is 7.35. The van der Waals surface area contributed by atoms with Crippen LogP contribution in [0.4, 0.5) is 0 Å². The molecule has 41 heavy (non-hydrogen) atoms. The van der Waals surface area contributed by atoms with E-state index >= 15 is 0 Å². The Morgan fingerprint density at radius 2 is 1.34 bits per heavy atom. The first-order valence-corrected chi connectivity index (χ1v) is 16.9. The van der Waals surface area contributed by atoms with E-state index in [0.29, 0.717) is 6.61 Å². The van der Waals surface area contributed by atoms with Gasteiger partial charge >= 0.3 is 9.04 Å². The second kappa shape index (κ2) is 10.8. The predicted octanol–water partition coefficient (Wildman–Crippen LogP) is 8.18. The van der Waals surface area contributed by atoms with Crippen molar-refractivity contribution in [2.24, 2.45) is 23.7 Å². The molecular weight excluding hydrogens is 517 g/mol.